The number of nitrogens with one attached hydrogen (secondary N) is 1. The smallest absolute Gasteiger partial charge is 0.254 e. The van der Waals surface area contributed by atoms with Gasteiger partial charge in [0.15, 0.2) is 0 Å². The van der Waals surface area contributed by atoms with Crippen LogP contribution in [0.5, 0.6) is 0 Å². The highest BCUT2D eigenvalue weighted by atomic mass is 32.2. The number of thioether (sulfide) groups is 1. The van der Waals surface area contributed by atoms with E-state index in [0.717, 1.165) is 17.2 Å². The van der Waals surface area contributed by atoms with Crippen LogP contribution in [-0.2, 0) is 4.74 Å². The van der Waals surface area contributed by atoms with Crippen LogP contribution < -0.4 is 5.32 Å². The van der Waals surface area contributed by atoms with E-state index in [1.54, 1.807) is 31.5 Å². The summed E-state index contributed by atoms with van der Waals surface area (Å²) in [7, 11) is 1.63. The summed E-state index contributed by atoms with van der Waals surface area (Å²) in [4.78, 5) is 16.5. The average Bonchev–Trinajstić information content (AvgIpc) is 2.44. The molecule has 0 aromatic carbocycles. The monoisotopic (exact) mass is 280 g/mol. The van der Waals surface area contributed by atoms with E-state index in [9.17, 15) is 4.79 Å². The Morgan fingerprint density at radius 1 is 1.68 bits per heavy atom. The van der Waals surface area contributed by atoms with Crippen molar-refractivity contribution in [3.8, 4) is 0 Å². The molecule has 1 unspecified atom stereocenters. The lowest BCUT2D eigenvalue weighted by atomic mass is 10.2. The normalized spacial score (nSPS) is 11.9. The highest BCUT2D eigenvalue weighted by molar-refractivity contribution is 7.99. The quantitative estimate of drug-likeness (QED) is 0.587. The van der Waals surface area contributed by atoms with Gasteiger partial charge in [0.2, 0.25) is 0 Å². The van der Waals surface area contributed by atoms with Crippen molar-refractivity contribution in [2.24, 2.45) is 0 Å². The Balaban J connectivity index is 2.77. The van der Waals surface area contributed by atoms with Gasteiger partial charge >= 0.3 is 0 Å². The van der Waals surface area contributed by atoms with E-state index >= 15 is 0 Å². The van der Waals surface area contributed by atoms with Gasteiger partial charge in [0.1, 0.15) is 5.03 Å². The van der Waals surface area contributed by atoms with Gasteiger partial charge in [-0.15, -0.1) is 18.3 Å². The van der Waals surface area contributed by atoms with Crippen LogP contribution in [0.4, 0.5) is 0 Å². The molecule has 1 atom stereocenters. The molecule has 5 heteroatoms. The van der Waals surface area contributed by atoms with Crippen molar-refractivity contribution in [3.63, 3.8) is 0 Å². The third-order valence-electron chi connectivity index (χ3n) is 2.55. The average molecular weight is 280 g/mol. The first-order chi connectivity index (χ1) is 9.22. The van der Waals surface area contributed by atoms with E-state index in [-0.39, 0.29) is 11.9 Å². The molecule has 1 aromatic heterocycles. The Labute approximate surface area is 118 Å². The zero-order valence-corrected chi connectivity index (χ0v) is 12.2. The van der Waals surface area contributed by atoms with Crippen LogP contribution in [0.25, 0.3) is 0 Å². The van der Waals surface area contributed by atoms with Gasteiger partial charge in [-0.3, -0.25) is 4.79 Å². The fraction of sp³-hybridized carbons (Fsp3) is 0.429. The first kappa shape index (κ1) is 15.7. The number of hydrogen-bond donors (Lipinski definition) is 1. The number of ether oxygens (including phenoxy) is 1. The lowest BCUT2D eigenvalue weighted by molar-refractivity contribution is 0.0891. The molecular weight excluding hydrogens is 260 g/mol. The molecule has 0 saturated heterocycles. The summed E-state index contributed by atoms with van der Waals surface area (Å²) in [5, 5.41) is 3.69. The molecule has 104 valence electrons. The van der Waals surface area contributed by atoms with E-state index in [0.29, 0.717) is 12.2 Å². The molecule has 0 saturated carbocycles. The summed E-state index contributed by atoms with van der Waals surface area (Å²) >= 11 is 1.50. The minimum absolute atomic E-state index is 0.0231. The molecule has 0 bridgehead atoms. The van der Waals surface area contributed by atoms with Crippen molar-refractivity contribution in [3.05, 3.63) is 36.5 Å². The van der Waals surface area contributed by atoms with Gasteiger partial charge in [-0.2, -0.15) is 0 Å². The first-order valence-corrected chi connectivity index (χ1v) is 7.20. The first-order valence-electron chi connectivity index (χ1n) is 6.21. The van der Waals surface area contributed by atoms with Crippen LogP contribution in [0.3, 0.4) is 0 Å². The highest BCUT2D eigenvalue weighted by Gasteiger charge is 2.15. The number of methoxy groups -OCH3 is 1. The maximum absolute atomic E-state index is 12.2. The molecule has 0 aliphatic rings. The third kappa shape index (κ3) is 5.04. The number of aromatic nitrogens is 1. The molecule has 1 rings (SSSR count). The van der Waals surface area contributed by atoms with Crippen molar-refractivity contribution in [1.29, 1.82) is 0 Å². The molecule has 0 aliphatic carbocycles. The third-order valence-corrected chi connectivity index (χ3v) is 3.55. The minimum atomic E-state index is -0.108. The van der Waals surface area contributed by atoms with Crippen molar-refractivity contribution >= 4 is 17.7 Å². The van der Waals surface area contributed by atoms with E-state index in [2.05, 4.69) is 16.9 Å². The van der Waals surface area contributed by atoms with Crippen molar-refractivity contribution in [2.45, 2.75) is 24.4 Å². The van der Waals surface area contributed by atoms with Gasteiger partial charge < -0.3 is 10.1 Å². The predicted molar refractivity (Wildman–Crippen MR) is 78.6 cm³/mol. The number of amides is 1. The number of hydrogen-bond acceptors (Lipinski definition) is 4. The molecule has 0 fully saturated rings. The Bertz CT molecular complexity index is 424. The molecule has 19 heavy (non-hydrogen) atoms. The van der Waals surface area contributed by atoms with Crippen molar-refractivity contribution < 1.29 is 9.53 Å². The highest BCUT2D eigenvalue weighted by Crippen LogP contribution is 2.19. The SMILES string of the molecule is C=CCSc1ncccc1C(=O)NC(CC)COC. The zero-order chi connectivity index (χ0) is 14.1. The van der Waals surface area contributed by atoms with Gasteiger partial charge in [0, 0.05) is 19.1 Å². The topological polar surface area (TPSA) is 51.2 Å². The summed E-state index contributed by atoms with van der Waals surface area (Å²) < 4.78 is 5.08. The number of rotatable bonds is 8. The molecule has 1 N–H and O–H groups in total. The number of pyridine rings is 1. The number of nitrogens with zero attached hydrogens (tertiary/aromatic N) is 1. The van der Waals surface area contributed by atoms with E-state index < -0.39 is 0 Å². The Hall–Kier alpha value is -1.33. The lowest BCUT2D eigenvalue weighted by Gasteiger charge is -2.16. The van der Waals surface area contributed by atoms with Crippen LogP contribution in [0.2, 0.25) is 0 Å². The molecule has 0 spiro atoms. The van der Waals surface area contributed by atoms with Crippen LogP contribution in [0.1, 0.15) is 23.7 Å². The zero-order valence-electron chi connectivity index (χ0n) is 11.4. The Morgan fingerprint density at radius 2 is 2.47 bits per heavy atom. The Morgan fingerprint density at radius 3 is 3.11 bits per heavy atom. The van der Waals surface area contributed by atoms with Crippen molar-refractivity contribution in [2.75, 3.05) is 19.5 Å². The fourth-order valence-corrected chi connectivity index (χ4v) is 2.27. The summed E-state index contributed by atoms with van der Waals surface area (Å²) in [6, 6.07) is 3.58. The predicted octanol–water partition coefficient (Wildman–Crippen LogP) is 2.51. The second kappa shape index (κ2) is 8.72. The van der Waals surface area contributed by atoms with Crippen LogP contribution in [-0.4, -0.2) is 36.4 Å². The lowest BCUT2D eigenvalue weighted by Crippen LogP contribution is -2.37. The number of carbonyl (C=O) groups excluding carboxylic acids is 1. The second-order valence-corrected chi connectivity index (χ2v) is 5.00. The van der Waals surface area contributed by atoms with Crippen LogP contribution in [0, 0.1) is 0 Å². The summed E-state index contributed by atoms with van der Waals surface area (Å²) in [5.41, 5.74) is 0.601. The van der Waals surface area contributed by atoms with E-state index in [1.165, 1.54) is 11.8 Å². The van der Waals surface area contributed by atoms with Gasteiger partial charge in [-0.05, 0) is 18.6 Å². The molecule has 0 radical (unpaired) electrons. The second-order valence-electron chi connectivity index (χ2n) is 3.99. The summed E-state index contributed by atoms with van der Waals surface area (Å²) in [5.74, 6) is 0.621. The minimum Gasteiger partial charge on any atom is -0.383 e. The maximum atomic E-state index is 12.2. The van der Waals surface area contributed by atoms with E-state index in [4.69, 9.17) is 4.74 Å². The van der Waals surface area contributed by atoms with Gasteiger partial charge in [0.25, 0.3) is 5.91 Å². The van der Waals surface area contributed by atoms with Crippen molar-refractivity contribution in [1.82, 2.24) is 10.3 Å². The molecular formula is C14H20N2O2S. The molecule has 0 aliphatic heterocycles. The standard InChI is InChI=1S/C14H20N2O2S/c1-4-9-19-14-12(7-6-8-15-14)13(17)16-11(5-2)10-18-3/h4,6-8,11H,1,5,9-10H2,2-3H3,(H,16,17). The van der Waals surface area contributed by atoms with Crippen LogP contribution in [0.15, 0.2) is 36.0 Å². The molecule has 1 heterocycles. The Kier molecular flexibility index (Phi) is 7.22. The van der Waals surface area contributed by atoms with Gasteiger partial charge in [-0.1, -0.05) is 13.0 Å². The molecule has 1 aromatic rings. The fourth-order valence-electron chi connectivity index (χ4n) is 1.54. The molecule has 1 amide bonds. The summed E-state index contributed by atoms with van der Waals surface area (Å²) in [6.07, 6.45) is 4.31. The van der Waals surface area contributed by atoms with Gasteiger partial charge in [0.05, 0.1) is 18.2 Å². The largest absolute Gasteiger partial charge is 0.383 e. The number of carbonyl (C=O) groups is 1. The summed E-state index contributed by atoms with van der Waals surface area (Å²) in [6.45, 7) is 6.20. The maximum Gasteiger partial charge on any atom is 0.254 e. The van der Waals surface area contributed by atoms with E-state index in [1.807, 2.05) is 6.92 Å². The molecule has 4 nitrogen and oxygen atoms in total. The van der Waals surface area contributed by atoms with Gasteiger partial charge in [-0.25, -0.2) is 4.98 Å². The van der Waals surface area contributed by atoms with Crippen LogP contribution >= 0.6 is 11.8 Å².